The average Bonchev–Trinajstić information content (AvgIpc) is 3.91. The number of nitrogens with two attached hydrogens (primary N) is 1. The molecule has 328 valence electrons. The lowest BCUT2D eigenvalue weighted by molar-refractivity contribution is 0.243. The number of anilines is 4. The lowest BCUT2D eigenvalue weighted by Crippen LogP contribution is -2.42. The fourth-order valence-electron chi connectivity index (χ4n) is 8.48. The maximum absolute atomic E-state index is 14.3. The molecule has 2 saturated carbocycles. The molecule has 0 saturated heterocycles. The average molecular weight is 864 g/mol. The molecule has 6 aromatic heterocycles. The molecule has 0 amide bonds. The predicted molar refractivity (Wildman–Crippen MR) is 247 cm³/mol. The molecule has 17 heteroatoms. The normalized spacial score (nSPS) is 14.8. The predicted octanol–water partition coefficient (Wildman–Crippen LogP) is 8.37. The number of H-pyrrole nitrogens is 2. The van der Waals surface area contributed by atoms with Crippen molar-refractivity contribution in [2.24, 2.45) is 5.73 Å². The zero-order chi connectivity index (χ0) is 43.9. The molecule has 0 radical (unpaired) electrons. The van der Waals surface area contributed by atoms with Crippen LogP contribution in [0, 0.1) is 11.6 Å². The van der Waals surface area contributed by atoms with Gasteiger partial charge in [-0.2, -0.15) is 10.2 Å². The van der Waals surface area contributed by atoms with Crippen LogP contribution in [-0.2, 0) is 10.8 Å². The fourth-order valence-corrected chi connectivity index (χ4v) is 8.48. The number of rotatable bonds is 16. The van der Waals surface area contributed by atoms with Crippen molar-refractivity contribution in [2.75, 3.05) is 54.0 Å². The van der Waals surface area contributed by atoms with Gasteiger partial charge in [0.15, 0.2) is 11.6 Å². The Morgan fingerprint density at radius 1 is 0.594 bits per heavy atom. The number of pyridine rings is 2. The summed E-state index contributed by atoms with van der Waals surface area (Å²) in [5, 5.41) is 47.5. The Kier molecular flexibility index (Phi) is 12.3. The molecule has 10 rings (SSSR count). The Morgan fingerprint density at radius 2 is 1.08 bits per heavy atom. The van der Waals surface area contributed by atoms with Crippen molar-refractivity contribution in [3.05, 3.63) is 120 Å². The molecule has 2 aromatic carbocycles. The number of hydrogen-bond donors (Lipinski definition) is 7. The van der Waals surface area contributed by atoms with Crippen LogP contribution in [0.1, 0.15) is 63.3 Å². The van der Waals surface area contributed by atoms with Crippen LogP contribution >= 0.6 is 0 Å². The van der Waals surface area contributed by atoms with E-state index in [2.05, 4.69) is 85.0 Å². The highest BCUT2D eigenvalue weighted by atomic mass is 19.1. The molecule has 8 N–H and O–H groups in total. The summed E-state index contributed by atoms with van der Waals surface area (Å²) in [6.45, 7) is 5.33. The molecule has 0 unspecified atom stereocenters. The minimum Gasteiger partial charge on any atom is -0.368 e. The molecule has 64 heavy (non-hydrogen) atoms. The minimum absolute atomic E-state index is 0.238. The van der Waals surface area contributed by atoms with Crippen LogP contribution in [0.5, 0.6) is 0 Å². The highest BCUT2D eigenvalue weighted by Gasteiger charge is 2.43. The second kappa shape index (κ2) is 18.7. The van der Waals surface area contributed by atoms with Crippen molar-refractivity contribution in [2.45, 2.75) is 62.7 Å². The van der Waals surface area contributed by atoms with Gasteiger partial charge in [0.05, 0.1) is 33.8 Å². The van der Waals surface area contributed by atoms with Crippen LogP contribution < -0.4 is 27.0 Å². The molecule has 0 aliphatic heterocycles. The van der Waals surface area contributed by atoms with Crippen molar-refractivity contribution in [1.82, 2.24) is 50.8 Å². The van der Waals surface area contributed by atoms with Gasteiger partial charge in [-0.05, 0) is 105 Å². The summed E-state index contributed by atoms with van der Waals surface area (Å²) in [4.78, 5) is 8.63. The Balaban J connectivity index is 0.000000162. The molecule has 2 aliphatic rings. The van der Waals surface area contributed by atoms with E-state index >= 15 is 0 Å². The highest BCUT2D eigenvalue weighted by molar-refractivity contribution is 5.93. The standard InChI is InChI=1S/C24H26FN7.C23H25FN8/c1-2-12-27-23-17-14-16(6-7-20(17)30-32-23)19-8-9-21(31-29-19)28-15-24(10-4-11-24)22-18(25)5-3-13-26-22;24-17-3-1-11-26-21(17)23(8-2-9-23)14-28-20-7-6-18(29-31-20)15-4-5-19-16(13-15)22(32-30-19)27-12-10-25/h3,5-9,13-14H,2,4,10-12,15H2,1H3,(H,28,31)(H2,27,30,32);1,3-7,11,13H,2,8-10,12,14,25H2,(H,28,31)(H2,27,30,32). The number of aromatic nitrogens is 10. The van der Waals surface area contributed by atoms with Gasteiger partial charge < -0.3 is 27.0 Å². The van der Waals surface area contributed by atoms with Crippen LogP contribution in [0.15, 0.2) is 97.3 Å². The summed E-state index contributed by atoms with van der Waals surface area (Å²) in [6, 6.07) is 26.0. The van der Waals surface area contributed by atoms with E-state index in [1.807, 2.05) is 54.6 Å². The van der Waals surface area contributed by atoms with Crippen molar-refractivity contribution >= 4 is 45.1 Å². The van der Waals surface area contributed by atoms with Gasteiger partial charge in [0, 0.05) is 77.8 Å². The monoisotopic (exact) mass is 863 g/mol. The third kappa shape index (κ3) is 8.75. The van der Waals surface area contributed by atoms with E-state index in [4.69, 9.17) is 5.73 Å². The van der Waals surface area contributed by atoms with Gasteiger partial charge in [-0.1, -0.05) is 31.9 Å². The van der Waals surface area contributed by atoms with Gasteiger partial charge in [0.1, 0.15) is 23.3 Å². The number of nitrogens with zero attached hydrogens (tertiary/aromatic N) is 8. The second-order valence-electron chi connectivity index (χ2n) is 16.6. The molecule has 0 spiro atoms. The van der Waals surface area contributed by atoms with E-state index in [1.165, 1.54) is 12.1 Å². The van der Waals surface area contributed by atoms with Crippen LogP contribution in [0.3, 0.4) is 0 Å². The maximum Gasteiger partial charge on any atom is 0.155 e. The molecular formula is C47H51F2N15. The SMILES string of the molecule is CCCNc1n[nH]c2ccc(-c3ccc(NCC4(c5ncccc5F)CCC4)nn3)cc12.NCCNc1n[nH]c2ccc(-c3ccc(NCC4(c5ncccc5F)CCC4)nn3)cc12. The number of benzene rings is 2. The summed E-state index contributed by atoms with van der Waals surface area (Å²) >= 11 is 0. The van der Waals surface area contributed by atoms with Gasteiger partial charge in [0.2, 0.25) is 0 Å². The van der Waals surface area contributed by atoms with Crippen molar-refractivity contribution in [3.8, 4) is 22.5 Å². The third-order valence-electron chi connectivity index (χ3n) is 12.4. The molecule has 6 heterocycles. The first-order chi connectivity index (χ1) is 31.4. The first kappa shape index (κ1) is 42.2. The lowest BCUT2D eigenvalue weighted by atomic mass is 9.66. The fraction of sp³-hybridized carbons (Fsp3) is 0.319. The van der Waals surface area contributed by atoms with E-state index in [0.29, 0.717) is 49.2 Å². The van der Waals surface area contributed by atoms with Crippen molar-refractivity contribution < 1.29 is 8.78 Å². The lowest BCUT2D eigenvalue weighted by Gasteiger charge is -2.41. The van der Waals surface area contributed by atoms with Crippen molar-refractivity contribution in [3.63, 3.8) is 0 Å². The van der Waals surface area contributed by atoms with E-state index in [9.17, 15) is 8.78 Å². The largest absolute Gasteiger partial charge is 0.368 e. The van der Waals surface area contributed by atoms with E-state index < -0.39 is 0 Å². The first-order valence-corrected chi connectivity index (χ1v) is 21.9. The quantitative estimate of drug-likeness (QED) is 0.0488. The molecule has 15 nitrogen and oxygen atoms in total. The molecule has 2 aliphatic carbocycles. The third-order valence-corrected chi connectivity index (χ3v) is 12.4. The van der Waals surface area contributed by atoms with Gasteiger partial charge in [-0.15, -0.1) is 20.4 Å². The van der Waals surface area contributed by atoms with Gasteiger partial charge in [-0.25, -0.2) is 8.78 Å². The van der Waals surface area contributed by atoms with Crippen LogP contribution in [0.4, 0.5) is 32.1 Å². The smallest absolute Gasteiger partial charge is 0.155 e. The van der Waals surface area contributed by atoms with Gasteiger partial charge in [0.25, 0.3) is 0 Å². The molecule has 8 aromatic rings. The Hall–Kier alpha value is -7.14. The number of hydrogen-bond acceptors (Lipinski definition) is 13. The van der Waals surface area contributed by atoms with E-state index in [0.717, 1.165) is 107 Å². The van der Waals surface area contributed by atoms with Crippen LogP contribution in [0.25, 0.3) is 44.3 Å². The first-order valence-electron chi connectivity index (χ1n) is 21.9. The highest BCUT2D eigenvalue weighted by Crippen LogP contribution is 2.45. The van der Waals surface area contributed by atoms with Crippen LogP contribution in [-0.4, -0.2) is 83.5 Å². The van der Waals surface area contributed by atoms with Crippen LogP contribution in [0.2, 0.25) is 0 Å². The summed E-state index contributed by atoms with van der Waals surface area (Å²) < 4.78 is 28.6. The van der Waals surface area contributed by atoms with Gasteiger partial charge in [-0.3, -0.25) is 20.2 Å². The summed E-state index contributed by atoms with van der Waals surface area (Å²) in [6.07, 6.45) is 10.1. The van der Waals surface area contributed by atoms with E-state index in [1.54, 1.807) is 24.5 Å². The van der Waals surface area contributed by atoms with Crippen molar-refractivity contribution in [1.29, 1.82) is 0 Å². The zero-order valence-corrected chi connectivity index (χ0v) is 35.6. The number of fused-ring (bicyclic) bond motifs is 2. The Morgan fingerprint density at radius 3 is 1.47 bits per heavy atom. The molecule has 0 bridgehead atoms. The Bertz CT molecular complexity index is 2620. The molecular weight excluding hydrogens is 813 g/mol. The number of nitrogens with one attached hydrogen (secondary N) is 6. The molecule has 0 atom stereocenters. The zero-order valence-electron chi connectivity index (χ0n) is 35.6. The van der Waals surface area contributed by atoms with E-state index in [-0.39, 0.29) is 22.5 Å². The molecule has 2 fully saturated rings. The minimum atomic E-state index is -0.287. The Labute approximate surface area is 368 Å². The van der Waals surface area contributed by atoms with Gasteiger partial charge >= 0.3 is 0 Å². The maximum atomic E-state index is 14.3. The second-order valence-corrected chi connectivity index (χ2v) is 16.6. The number of halogens is 2. The summed E-state index contributed by atoms with van der Waals surface area (Å²) in [5.41, 5.74) is 11.5. The summed E-state index contributed by atoms with van der Waals surface area (Å²) in [5.74, 6) is 2.47. The topological polar surface area (TPSA) is 209 Å². The summed E-state index contributed by atoms with van der Waals surface area (Å²) in [7, 11) is 0. The number of aromatic amines is 2.